The second kappa shape index (κ2) is 6.31. The summed E-state index contributed by atoms with van der Waals surface area (Å²) in [4.78, 5) is 4.33. The highest BCUT2D eigenvalue weighted by atomic mass is 16.5. The number of benzene rings is 2. The number of ether oxygens (including phenoxy) is 1. The SMILES string of the molecule is NC(=NCc1ccc(Oc2ccccc2)cc1)NC1CC1. The quantitative estimate of drug-likeness (QED) is 0.654. The van der Waals surface area contributed by atoms with E-state index in [-0.39, 0.29) is 0 Å². The van der Waals surface area contributed by atoms with Crippen LogP contribution in [0.3, 0.4) is 0 Å². The van der Waals surface area contributed by atoms with Crippen molar-refractivity contribution in [1.29, 1.82) is 0 Å². The van der Waals surface area contributed by atoms with Gasteiger partial charge in [-0.2, -0.15) is 0 Å². The van der Waals surface area contributed by atoms with Gasteiger partial charge in [-0.05, 0) is 42.7 Å². The second-order valence-electron chi connectivity index (χ2n) is 5.18. The summed E-state index contributed by atoms with van der Waals surface area (Å²) < 4.78 is 5.75. The zero-order chi connectivity index (χ0) is 14.5. The minimum Gasteiger partial charge on any atom is -0.457 e. The van der Waals surface area contributed by atoms with Crippen molar-refractivity contribution in [2.75, 3.05) is 0 Å². The monoisotopic (exact) mass is 281 g/mol. The third kappa shape index (κ3) is 4.24. The number of para-hydroxylation sites is 1. The second-order valence-corrected chi connectivity index (χ2v) is 5.18. The van der Waals surface area contributed by atoms with E-state index < -0.39 is 0 Å². The smallest absolute Gasteiger partial charge is 0.189 e. The fraction of sp³-hybridized carbons (Fsp3) is 0.235. The third-order valence-electron chi connectivity index (χ3n) is 3.26. The van der Waals surface area contributed by atoms with E-state index in [0.717, 1.165) is 17.1 Å². The van der Waals surface area contributed by atoms with Gasteiger partial charge >= 0.3 is 0 Å². The van der Waals surface area contributed by atoms with Crippen LogP contribution < -0.4 is 15.8 Å². The van der Waals surface area contributed by atoms with Gasteiger partial charge in [0, 0.05) is 6.04 Å². The summed E-state index contributed by atoms with van der Waals surface area (Å²) in [7, 11) is 0. The van der Waals surface area contributed by atoms with Gasteiger partial charge in [0.25, 0.3) is 0 Å². The first-order valence-electron chi connectivity index (χ1n) is 7.18. The van der Waals surface area contributed by atoms with E-state index >= 15 is 0 Å². The van der Waals surface area contributed by atoms with Gasteiger partial charge in [-0.1, -0.05) is 30.3 Å². The lowest BCUT2D eigenvalue weighted by molar-refractivity contribution is 0.482. The van der Waals surface area contributed by atoms with Crippen LogP contribution in [0, 0.1) is 0 Å². The minimum absolute atomic E-state index is 0.530. The van der Waals surface area contributed by atoms with E-state index in [1.807, 2.05) is 54.6 Å². The molecule has 0 aliphatic heterocycles. The molecule has 0 aromatic heterocycles. The predicted molar refractivity (Wildman–Crippen MR) is 84.4 cm³/mol. The zero-order valence-corrected chi connectivity index (χ0v) is 11.8. The first-order chi connectivity index (χ1) is 10.3. The molecule has 2 aromatic carbocycles. The molecule has 0 atom stereocenters. The van der Waals surface area contributed by atoms with Gasteiger partial charge in [0.1, 0.15) is 11.5 Å². The molecule has 1 aliphatic carbocycles. The van der Waals surface area contributed by atoms with E-state index in [1.165, 1.54) is 12.8 Å². The lowest BCUT2D eigenvalue weighted by atomic mass is 10.2. The number of guanidine groups is 1. The lowest BCUT2D eigenvalue weighted by Crippen LogP contribution is -2.33. The third-order valence-corrected chi connectivity index (χ3v) is 3.26. The Balaban J connectivity index is 1.56. The van der Waals surface area contributed by atoms with E-state index in [2.05, 4.69) is 10.3 Å². The molecule has 0 amide bonds. The Morgan fingerprint density at radius 1 is 1.05 bits per heavy atom. The molecule has 2 aromatic rings. The summed E-state index contributed by atoms with van der Waals surface area (Å²) >= 11 is 0. The molecular formula is C17H19N3O. The van der Waals surface area contributed by atoms with Crippen LogP contribution in [0.15, 0.2) is 59.6 Å². The van der Waals surface area contributed by atoms with Gasteiger partial charge in [0.2, 0.25) is 0 Å². The van der Waals surface area contributed by atoms with Crippen molar-refractivity contribution < 1.29 is 4.74 Å². The molecule has 108 valence electrons. The van der Waals surface area contributed by atoms with Crippen LogP contribution in [0.5, 0.6) is 11.5 Å². The summed E-state index contributed by atoms with van der Waals surface area (Å²) in [6.45, 7) is 0.581. The van der Waals surface area contributed by atoms with E-state index in [1.54, 1.807) is 0 Å². The van der Waals surface area contributed by atoms with Crippen LogP contribution >= 0.6 is 0 Å². The fourth-order valence-corrected chi connectivity index (χ4v) is 1.95. The Kier molecular flexibility index (Phi) is 4.05. The molecule has 3 rings (SSSR count). The zero-order valence-electron chi connectivity index (χ0n) is 11.8. The van der Waals surface area contributed by atoms with Crippen LogP contribution in [0.2, 0.25) is 0 Å². The number of aliphatic imine (C=N–C) groups is 1. The summed E-state index contributed by atoms with van der Waals surface area (Å²) in [5.74, 6) is 2.18. The highest BCUT2D eigenvalue weighted by Gasteiger charge is 2.21. The summed E-state index contributed by atoms with van der Waals surface area (Å²) in [6, 6.07) is 18.2. The topological polar surface area (TPSA) is 59.6 Å². The van der Waals surface area contributed by atoms with Crippen molar-refractivity contribution in [3.05, 3.63) is 60.2 Å². The predicted octanol–water partition coefficient (Wildman–Crippen LogP) is 3.05. The van der Waals surface area contributed by atoms with Crippen molar-refractivity contribution >= 4 is 5.96 Å². The Morgan fingerprint density at radius 2 is 1.71 bits per heavy atom. The van der Waals surface area contributed by atoms with Gasteiger partial charge in [-0.25, -0.2) is 4.99 Å². The highest BCUT2D eigenvalue weighted by Crippen LogP contribution is 2.21. The van der Waals surface area contributed by atoms with Gasteiger partial charge in [-0.15, -0.1) is 0 Å². The molecule has 1 aliphatic rings. The average Bonchev–Trinajstić information content (AvgIpc) is 3.32. The Morgan fingerprint density at radius 3 is 2.38 bits per heavy atom. The number of hydrogen-bond donors (Lipinski definition) is 2. The highest BCUT2D eigenvalue weighted by molar-refractivity contribution is 5.78. The van der Waals surface area contributed by atoms with Crippen molar-refractivity contribution in [2.24, 2.45) is 10.7 Å². The van der Waals surface area contributed by atoms with Crippen LogP contribution in [0.25, 0.3) is 0 Å². The van der Waals surface area contributed by atoms with E-state index in [9.17, 15) is 0 Å². The molecule has 0 radical (unpaired) electrons. The number of rotatable bonds is 5. The van der Waals surface area contributed by atoms with Gasteiger partial charge < -0.3 is 15.8 Å². The van der Waals surface area contributed by atoms with Gasteiger partial charge in [0.05, 0.1) is 6.54 Å². The fourth-order valence-electron chi connectivity index (χ4n) is 1.95. The summed E-state index contributed by atoms with van der Waals surface area (Å²) in [5, 5.41) is 3.17. The van der Waals surface area contributed by atoms with Crippen LogP contribution in [-0.4, -0.2) is 12.0 Å². The van der Waals surface area contributed by atoms with Crippen molar-refractivity contribution in [3.63, 3.8) is 0 Å². The first-order valence-corrected chi connectivity index (χ1v) is 7.18. The van der Waals surface area contributed by atoms with Crippen LogP contribution in [0.1, 0.15) is 18.4 Å². The maximum Gasteiger partial charge on any atom is 0.189 e. The van der Waals surface area contributed by atoms with Crippen LogP contribution in [-0.2, 0) is 6.54 Å². The van der Waals surface area contributed by atoms with Crippen LogP contribution in [0.4, 0.5) is 0 Å². The summed E-state index contributed by atoms with van der Waals surface area (Å²) in [5.41, 5.74) is 6.92. The van der Waals surface area contributed by atoms with E-state index in [4.69, 9.17) is 10.5 Å². The first kappa shape index (κ1) is 13.5. The molecule has 1 fully saturated rings. The molecule has 4 heteroatoms. The van der Waals surface area contributed by atoms with Crippen molar-refractivity contribution in [3.8, 4) is 11.5 Å². The summed E-state index contributed by atoms with van der Waals surface area (Å²) in [6.07, 6.45) is 2.39. The number of nitrogens with two attached hydrogens (primary N) is 1. The molecule has 4 nitrogen and oxygen atoms in total. The standard InChI is InChI=1S/C17H19N3O/c18-17(20-14-8-9-14)19-12-13-6-10-16(11-7-13)21-15-4-2-1-3-5-15/h1-7,10-11,14H,8-9,12H2,(H3,18,19,20). The number of nitrogens with one attached hydrogen (secondary N) is 1. The van der Waals surface area contributed by atoms with E-state index in [0.29, 0.717) is 18.5 Å². The normalized spacial score (nSPS) is 14.8. The maximum absolute atomic E-state index is 5.81. The number of hydrogen-bond acceptors (Lipinski definition) is 2. The number of nitrogens with zero attached hydrogens (tertiary/aromatic N) is 1. The minimum atomic E-state index is 0.530. The Labute approximate surface area is 124 Å². The molecule has 0 heterocycles. The molecular weight excluding hydrogens is 262 g/mol. The van der Waals surface area contributed by atoms with Gasteiger partial charge in [0.15, 0.2) is 5.96 Å². The maximum atomic E-state index is 5.81. The Hall–Kier alpha value is -2.49. The van der Waals surface area contributed by atoms with Crippen molar-refractivity contribution in [1.82, 2.24) is 5.32 Å². The largest absolute Gasteiger partial charge is 0.457 e. The molecule has 0 unspecified atom stereocenters. The molecule has 0 saturated heterocycles. The Bertz CT molecular complexity index is 604. The molecule has 1 saturated carbocycles. The molecule has 0 spiro atoms. The van der Waals surface area contributed by atoms with Gasteiger partial charge in [-0.3, -0.25) is 0 Å². The molecule has 21 heavy (non-hydrogen) atoms. The molecule has 3 N–H and O–H groups in total. The lowest BCUT2D eigenvalue weighted by Gasteiger charge is -2.06. The van der Waals surface area contributed by atoms with Crippen molar-refractivity contribution in [2.45, 2.75) is 25.4 Å². The molecule has 0 bridgehead atoms. The average molecular weight is 281 g/mol.